The van der Waals surface area contributed by atoms with Crippen molar-refractivity contribution in [2.24, 2.45) is 17.6 Å². The number of nitriles is 1. The van der Waals surface area contributed by atoms with Gasteiger partial charge in [0, 0.05) is 19.3 Å². The fraction of sp³-hybridized carbons (Fsp3) is 0.538. The van der Waals surface area contributed by atoms with E-state index in [4.69, 9.17) is 11.0 Å². The summed E-state index contributed by atoms with van der Waals surface area (Å²) in [6.07, 6.45) is 2.79. The molecule has 2 rings (SSSR count). The fourth-order valence-corrected chi connectivity index (χ4v) is 2.30. The molecule has 0 bridgehead atoms. The molecule has 4 nitrogen and oxygen atoms in total. The summed E-state index contributed by atoms with van der Waals surface area (Å²) in [5.74, 6) is 2.19. The first kappa shape index (κ1) is 11.9. The molecule has 2 unspecified atom stereocenters. The second-order valence-electron chi connectivity index (χ2n) is 4.72. The molecule has 0 radical (unpaired) electrons. The Kier molecular flexibility index (Phi) is 3.60. The lowest BCUT2D eigenvalue weighted by Crippen LogP contribution is -2.43. The van der Waals surface area contributed by atoms with Gasteiger partial charge in [0.25, 0.3) is 0 Å². The molecule has 90 valence electrons. The monoisotopic (exact) mass is 230 g/mol. The average Bonchev–Trinajstić information content (AvgIpc) is 2.39. The third-order valence-corrected chi connectivity index (χ3v) is 3.62. The van der Waals surface area contributed by atoms with E-state index in [0.717, 1.165) is 31.9 Å². The summed E-state index contributed by atoms with van der Waals surface area (Å²) in [6, 6.07) is 5.82. The highest BCUT2D eigenvalue weighted by Gasteiger charge is 2.25. The first-order valence-electron chi connectivity index (χ1n) is 6.05. The molecule has 0 spiro atoms. The minimum absolute atomic E-state index is 0.543. The van der Waals surface area contributed by atoms with Crippen LogP contribution in [0.4, 0.5) is 5.82 Å². The molecular formula is C13H18N4. The van der Waals surface area contributed by atoms with E-state index in [-0.39, 0.29) is 0 Å². The van der Waals surface area contributed by atoms with Crippen LogP contribution in [0.15, 0.2) is 18.3 Å². The van der Waals surface area contributed by atoms with E-state index in [2.05, 4.69) is 22.9 Å². The first-order valence-corrected chi connectivity index (χ1v) is 6.05. The molecule has 1 fully saturated rings. The summed E-state index contributed by atoms with van der Waals surface area (Å²) in [6.45, 7) is 4.99. The van der Waals surface area contributed by atoms with Crippen molar-refractivity contribution < 1.29 is 0 Å². The maximum Gasteiger partial charge on any atom is 0.128 e. The molecule has 0 aromatic carbocycles. The van der Waals surface area contributed by atoms with Gasteiger partial charge in [-0.25, -0.2) is 4.98 Å². The van der Waals surface area contributed by atoms with Crippen LogP contribution in [0.2, 0.25) is 0 Å². The van der Waals surface area contributed by atoms with Gasteiger partial charge in [-0.05, 0) is 36.9 Å². The van der Waals surface area contributed by atoms with E-state index < -0.39 is 0 Å². The Labute approximate surface area is 102 Å². The molecule has 1 aromatic heterocycles. The average molecular weight is 230 g/mol. The van der Waals surface area contributed by atoms with Gasteiger partial charge >= 0.3 is 0 Å². The predicted molar refractivity (Wildman–Crippen MR) is 67.5 cm³/mol. The van der Waals surface area contributed by atoms with Gasteiger partial charge in [-0.15, -0.1) is 0 Å². The van der Waals surface area contributed by atoms with Crippen LogP contribution in [0.25, 0.3) is 0 Å². The standard InChI is InChI=1S/C13H18N4/c1-10-4-5-17(9-12(10)7-15)13-3-2-11(6-14)8-16-13/h2-3,8,10,12H,4-5,7,9,15H2,1H3. The highest BCUT2D eigenvalue weighted by Crippen LogP contribution is 2.25. The zero-order valence-electron chi connectivity index (χ0n) is 10.1. The second-order valence-corrected chi connectivity index (χ2v) is 4.72. The van der Waals surface area contributed by atoms with E-state index >= 15 is 0 Å². The van der Waals surface area contributed by atoms with Crippen LogP contribution < -0.4 is 10.6 Å². The topological polar surface area (TPSA) is 65.9 Å². The second kappa shape index (κ2) is 5.15. The molecule has 1 saturated heterocycles. The van der Waals surface area contributed by atoms with Crippen LogP contribution in [0.3, 0.4) is 0 Å². The number of nitrogens with two attached hydrogens (primary N) is 1. The summed E-state index contributed by atoms with van der Waals surface area (Å²) in [7, 11) is 0. The quantitative estimate of drug-likeness (QED) is 0.833. The molecule has 2 atom stereocenters. The van der Waals surface area contributed by atoms with Gasteiger partial charge in [-0.3, -0.25) is 0 Å². The molecule has 1 aliphatic rings. The Morgan fingerprint density at radius 2 is 2.41 bits per heavy atom. The molecule has 1 aliphatic heterocycles. The van der Waals surface area contributed by atoms with Crippen molar-refractivity contribution in [1.82, 2.24) is 4.98 Å². The molecule has 0 saturated carbocycles. The summed E-state index contributed by atoms with van der Waals surface area (Å²) in [5, 5.41) is 8.73. The van der Waals surface area contributed by atoms with Crippen molar-refractivity contribution in [2.75, 3.05) is 24.5 Å². The fourth-order valence-electron chi connectivity index (χ4n) is 2.30. The molecule has 0 aliphatic carbocycles. The van der Waals surface area contributed by atoms with Crippen molar-refractivity contribution in [3.63, 3.8) is 0 Å². The lowest BCUT2D eigenvalue weighted by molar-refractivity contribution is 0.307. The lowest BCUT2D eigenvalue weighted by atomic mass is 9.87. The number of nitrogens with zero attached hydrogens (tertiary/aromatic N) is 3. The molecule has 17 heavy (non-hydrogen) atoms. The smallest absolute Gasteiger partial charge is 0.128 e. The van der Waals surface area contributed by atoms with Crippen molar-refractivity contribution >= 4 is 5.82 Å². The number of hydrogen-bond acceptors (Lipinski definition) is 4. The summed E-state index contributed by atoms with van der Waals surface area (Å²) in [4.78, 5) is 6.59. The Morgan fingerprint density at radius 3 is 3.00 bits per heavy atom. The van der Waals surface area contributed by atoms with Crippen LogP contribution >= 0.6 is 0 Å². The number of piperidine rings is 1. The normalized spacial score (nSPS) is 24.4. The number of hydrogen-bond donors (Lipinski definition) is 1. The Morgan fingerprint density at radius 1 is 1.59 bits per heavy atom. The third-order valence-electron chi connectivity index (χ3n) is 3.62. The minimum atomic E-state index is 0.543. The van der Waals surface area contributed by atoms with E-state index in [1.165, 1.54) is 0 Å². The van der Waals surface area contributed by atoms with Gasteiger partial charge in [-0.1, -0.05) is 6.92 Å². The maximum atomic E-state index is 8.73. The lowest BCUT2D eigenvalue weighted by Gasteiger charge is -2.37. The summed E-state index contributed by atoms with van der Waals surface area (Å²) in [5.41, 5.74) is 6.40. The number of pyridine rings is 1. The molecule has 0 amide bonds. The van der Waals surface area contributed by atoms with E-state index in [9.17, 15) is 0 Å². The summed E-state index contributed by atoms with van der Waals surface area (Å²) >= 11 is 0. The highest BCUT2D eigenvalue weighted by molar-refractivity contribution is 5.42. The van der Waals surface area contributed by atoms with E-state index in [0.29, 0.717) is 17.4 Å². The van der Waals surface area contributed by atoms with Gasteiger partial charge in [0.05, 0.1) is 5.56 Å². The molecule has 4 heteroatoms. The number of rotatable bonds is 2. The summed E-state index contributed by atoms with van der Waals surface area (Å²) < 4.78 is 0. The number of anilines is 1. The van der Waals surface area contributed by atoms with Gasteiger partial charge in [-0.2, -0.15) is 5.26 Å². The minimum Gasteiger partial charge on any atom is -0.356 e. The maximum absolute atomic E-state index is 8.73. The third kappa shape index (κ3) is 2.56. The Bertz CT molecular complexity index is 406. The van der Waals surface area contributed by atoms with Crippen molar-refractivity contribution in [2.45, 2.75) is 13.3 Å². The zero-order chi connectivity index (χ0) is 12.3. The van der Waals surface area contributed by atoms with Crippen LogP contribution in [-0.2, 0) is 0 Å². The molecular weight excluding hydrogens is 212 g/mol. The van der Waals surface area contributed by atoms with E-state index in [1.807, 2.05) is 12.1 Å². The van der Waals surface area contributed by atoms with Crippen LogP contribution in [0.1, 0.15) is 18.9 Å². The molecule has 1 aromatic rings. The van der Waals surface area contributed by atoms with Crippen molar-refractivity contribution in [3.05, 3.63) is 23.9 Å². The largest absolute Gasteiger partial charge is 0.356 e. The van der Waals surface area contributed by atoms with Gasteiger partial charge in [0.2, 0.25) is 0 Å². The number of aromatic nitrogens is 1. The van der Waals surface area contributed by atoms with Gasteiger partial charge < -0.3 is 10.6 Å². The van der Waals surface area contributed by atoms with E-state index in [1.54, 1.807) is 6.20 Å². The first-order chi connectivity index (χ1) is 8.24. The highest BCUT2D eigenvalue weighted by atomic mass is 15.2. The zero-order valence-corrected chi connectivity index (χ0v) is 10.1. The van der Waals surface area contributed by atoms with Crippen molar-refractivity contribution in [3.8, 4) is 6.07 Å². The van der Waals surface area contributed by atoms with Gasteiger partial charge in [0.15, 0.2) is 0 Å². The molecule has 2 heterocycles. The van der Waals surface area contributed by atoms with Crippen molar-refractivity contribution in [1.29, 1.82) is 5.26 Å². The Hall–Kier alpha value is -1.60. The molecule has 2 N–H and O–H groups in total. The Balaban J connectivity index is 2.09. The SMILES string of the molecule is CC1CCN(c2ccc(C#N)cn2)CC1CN. The predicted octanol–water partition coefficient (Wildman–Crippen LogP) is 1.37. The van der Waals surface area contributed by atoms with Crippen LogP contribution in [0, 0.1) is 23.2 Å². The van der Waals surface area contributed by atoms with Gasteiger partial charge in [0.1, 0.15) is 11.9 Å². The van der Waals surface area contributed by atoms with Crippen LogP contribution in [-0.4, -0.2) is 24.6 Å². The van der Waals surface area contributed by atoms with Crippen LogP contribution in [0.5, 0.6) is 0 Å².